The normalized spacial score (nSPS) is 13.9. The van der Waals surface area contributed by atoms with Crippen molar-refractivity contribution >= 4 is 93.2 Å². The molecular weight excluding hydrogens is 684 g/mol. The minimum Gasteiger partial charge on any atom is -0.477 e. The van der Waals surface area contributed by atoms with Crippen molar-refractivity contribution in [2.45, 2.75) is 19.4 Å². The highest BCUT2D eigenvalue weighted by Gasteiger charge is 2.09. The predicted molar refractivity (Wildman–Crippen MR) is 170 cm³/mol. The van der Waals surface area contributed by atoms with Crippen molar-refractivity contribution < 1.29 is 19.4 Å². The Morgan fingerprint density at radius 3 is 2.33 bits per heavy atom. The zero-order valence-corrected chi connectivity index (χ0v) is 26.1. The molecule has 6 N–H and O–H groups in total. The standard InChI is InChI=1S/C10H8BrNO.C9H5BrO2S.C5H5ClN2.C4H9NO/c1-6(13)9-4-7-2-3-8(11)5-10(7)12-9;10-6-2-1-5-3-8(9(11)12)13-7(5)4-6;6-5-4(7)2-1-3-8-5;5-4-1-2-6-3-4/h2-5,12H,1H3;1-4H,(H,11,12);1-3H,7H2;4H,1-3,5H2. The Hall–Kier alpha value is -2.80. The summed E-state index contributed by atoms with van der Waals surface area (Å²) in [6.45, 7) is 3.18. The predicted octanol–water partition coefficient (Wildman–Crippen LogP) is 7.55. The number of halogens is 3. The molecule has 1 fully saturated rings. The van der Waals surface area contributed by atoms with Crippen LogP contribution in [0.1, 0.15) is 33.5 Å². The van der Waals surface area contributed by atoms with E-state index in [4.69, 9.17) is 32.9 Å². The summed E-state index contributed by atoms with van der Waals surface area (Å²) in [6.07, 6.45) is 2.64. The highest BCUT2D eigenvalue weighted by atomic mass is 79.9. The average molecular weight is 711 g/mol. The highest BCUT2D eigenvalue weighted by molar-refractivity contribution is 9.10. The summed E-state index contributed by atoms with van der Waals surface area (Å²) in [6, 6.07) is 18.9. The molecule has 1 aliphatic heterocycles. The van der Waals surface area contributed by atoms with Gasteiger partial charge < -0.3 is 26.3 Å². The molecule has 1 aliphatic rings. The number of carboxylic acid groups (broad SMARTS) is 1. The first kappa shape index (κ1) is 31.7. The lowest BCUT2D eigenvalue weighted by molar-refractivity contribution is 0.0702. The Morgan fingerprint density at radius 2 is 1.80 bits per heavy atom. The number of nitrogens with zero attached hydrogens (tertiary/aromatic N) is 1. The number of nitrogens with one attached hydrogen (secondary N) is 1. The number of aromatic amines is 1. The molecule has 210 valence electrons. The van der Waals surface area contributed by atoms with E-state index in [-0.39, 0.29) is 5.78 Å². The number of carbonyl (C=O) groups is 2. The number of fused-ring (bicyclic) bond motifs is 2. The van der Waals surface area contributed by atoms with Gasteiger partial charge in [0, 0.05) is 50.3 Å². The van der Waals surface area contributed by atoms with Crippen LogP contribution in [0, 0.1) is 0 Å². The van der Waals surface area contributed by atoms with Crippen molar-refractivity contribution in [3.05, 3.63) is 91.5 Å². The van der Waals surface area contributed by atoms with Crippen LogP contribution in [0.4, 0.5) is 5.69 Å². The van der Waals surface area contributed by atoms with E-state index >= 15 is 0 Å². The topological polar surface area (TPSA) is 144 Å². The van der Waals surface area contributed by atoms with Gasteiger partial charge in [-0.2, -0.15) is 0 Å². The third kappa shape index (κ3) is 9.69. The third-order valence-corrected chi connectivity index (χ3v) is 7.80. The van der Waals surface area contributed by atoms with Crippen molar-refractivity contribution in [3.63, 3.8) is 0 Å². The molecule has 2 aromatic carbocycles. The second-order valence-corrected chi connectivity index (χ2v) is 11.8. The van der Waals surface area contributed by atoms with Crippen LogP contribution in [-0.4, -0.2) is 46.1 Å². The van der Waals surface area contributed by atoms with Crippen LogP contribution in [0.3, 0.4) is 0 Å². The van der Waals surface area contributed by atoms with Crippen molar-refractivity contribution in [3.8, 4) is 0 Å². The Bertz CT molecular complexity index is 1490. The molecule has 0 saturated carbocycles. The number of benzene rings is 2. The monoisotopic (exact) mass is 708 g/mol. The molecule has 5 aromatic rings. The number of hydrogen-bond acceptors (Lipinski definition) is 7. The molecular formula is C28H27Br2ClN4O4S. The summed E-state index contributed by atoms with van der Waals surface area (Å²) in [5, 5.41) is 11.2. The number of anilines is 1. The zero-order valence-electron chi connectivity index (χ0n) is 21.4. The van der Waals surface area contributed by atoms with Gasteiger partial charge in [0.1, 0.15) is 4.88 Å². The molecule has 0 radical (unpaired) electrons. The molecule has 0 bridgehead atoms. The first-order valence-electron chi connectivity index (χ1n) is 11.9. The van der Waals surface area contributed by atoms with E-state index in [1.165, 1.54) is 11.3 Å². The Balaban J connectivity index is 0.000000154. The van der Waals surface area contributed by atoms with Crippen LogP contribution < -0.4 is 11.5 Å². The van der Waals surface area contributed by atoms with Gasteiger partial charge >= 0.3 is 5.97 Å². The molecule has 6 rings (SSSR count). The summed E-state index contributed by atoms with van der Waals surface area (Å²) in [5.74, 6) is -0.801. The molecule has 0 spiro atoms. The minimum atomic E-state index is -0.864. The number of nitrogen functional groups attached to an aromatic ring is 1. The fourth-order valence-corrected chi connectivity index (χ4v) is 5.28. The third-order valence-electron chi connectivity index (χ3n) is 5.41. The molecule has 12 heteroatoms. The van der Waals surface area contributed by atoms with Crippen molar-refractivity contribution in [1.29, 1.82) is 0 Å². The van der Waals surface area contributed by atoms with E-state index in [2.05, 4.69) is 41.8 Å². The molecule has 3 aromatic heterocycles. The maximum Gasteiger partial charge on any atom is 0.345 e. The Labute approximate surface area is 256 Å². The second-order valence-electron chi connectivity index (χ2n) is 8.58. The largest absolute Gasteiger partial charge is 0.477 e. The van der Waals surface area contributed by atoms with E-state index in [1.54, 1.807) is 31.3 Å². The fraction of sp³-hybridized carbons (Fsp3) is 0.179. The number of ketones is 1. The van der Waals surface area contributed by atoms with Gasteiger partial charge in [-0.25, -0.2) is 9.78 Å². The number of nitrogens with two attached hydrogens (primary N) is 2. The van der Waals surface area contributed by atoms with Gasteiger partial charge in [0.2, 0.25) is 0 Å². The van der Waals surface area contributed by atoms with Crippen LogP contribution in [0.5, 0.6) is 0 Å². The fourth-order valence-electron chi connectivity index (χ4n) is 3.35. The number of aromatic carboxylic acids is 1. The van der Waals surface area contributed by atoms with E-state index in [1.807, 2.05) is 42.5 Å². The van der Waals surface area contributed by atoms with Crippen LogP contribution in [0.25, 0.3) is 21.0 Å². The molecule has 0 aliphatic carbocycles. The van der Waals surface area contributed by atoms with Gasteiger partial charge in [-0.15, -0.1) is 11.3 Å². The van der Waals surface area contributed by atoms with Crippen LogP contribution in [-0.2, 0) is 4.74 Å². The summed E-state index contributed by atoms with van der Waals surface area (Å²) < 4.78 is 7.91. The molecule has 1 atom stereocenters. The summed E-state index contributed by atoms with van der Waals surface area (Å²) in [4.78, 5) is 28.9. The zero-order chi connectivity index (χ0) is 29.2. The summed E-state index contributed by atoms with van der Waals surface area (Å²) in [5.41, 5.74) is 12.9. The van der Waals surface area contributed by atoms with Crippen LogP contribution in [0.2, 0.25) is 5.15 Å². The van der Waals surface area contributed by atoms with Crippen molar-refractivity contribution in [2.75, 3.05) is 18.9 Å². The highest BCUT2D eigenvalue weighted by Crippen LogP contribution is 2.28. The minimum absolute atomic E-state index is 0.0623. The van der Waals surface area contributed by atoms with Crippen LogP contribution in [0.15, 0.2) is 75.8 Å². The van der Waals surface area contributed by atoms with Gasteiger partial charge in [-0.05, 0) is 60.3 Å². The molecule has 1 saturated heterocycles. The number of ether oxygens (including phenoxy) is 1. The van der Waals surface area contributed by atoms with E-state index in [0.29, 0.717) is 27.5 Å². The number of rotatable bonds is 2. The lowest BCUT2D eigenvalue weighted by atomic mass is 10.2. The number of pyridine rings is 1. The lowest BCUT2D eigenvalue weighted by Crippen LogP contribution is -2.18. The number of carboxylic acids is 1. The molecule has 40 heavy (non-hydrogen) atoms. The Kier molecular flexibility index (Phi) is 12.1. The van der Waals surface area contributed by atoms with Gasteiger partial charge in [0.15, 0.2) is 10.9 Å². The van der Waals surface area contributed by atoms with Gasteiger partial charge in [0.25, 0.3) is 0 Å². The van der Waals surface area contributed by atoms with Crippen molar-refractivity contribution in [2.24, 2.45) is 5.73 Å². The Morgan fingerprint density at radius 1 is 1.10 bits per heavy atom. The maximum atomic E-state index is 11.1. The van der Waals surface area contributed by atoms with E-state index in [9.17, 15) is 9.59 Å². The van der Waals surface area contributed by atoms with Crippen molar-refractivity contribution in [1.82, 2.24) is 9.97 Å². The summed E-state index contributed by atoms with van der Waals surface area (Å²) in [7, 11) is 0. The number of hydrogen-bond donors (Lipinski definition) is 4. The quantitative estimate of drug-likeness (QED) is 0.109. The van der Waals surface area contributed by atoms with Crippen LogP contribution >= 0.6 is 54.8 Å². The number of aromatic nitrogens is 2. The second kappa shape index (κ2) is 15.3. The number of H-pyrrole nitrogens is 1. The number of thiophene rings is 1. The summed E-state index contributed by atoms with van der Waals surface area (Å²) >= 11 is 13.5. The molecule has 0 amide bonds. The average Bonchev–Trinajstić information content (AvgIpc) is 3.66. The lowest BCUT2D eigenvalue weighted by Gasteiger charge is -1.90. The number of Topliss-reactive ketones (excluding diaryl/α,β-unsaturated/α-hetero) is 1. The smallest absolute Gasteiger partial charge is 0.345 e. The van der Waals surface area contributed by atoms with Gasteiger partial charge in [-0.1, -0.05) is 55.6 Å². The first-order valence-corrected chi connectivity index (χ1v) is 14.7. The van der Waals surface area contributed by atoms with Gasteiger partial charge in [0.05, 0.1) is 18.0 Å². The van der Waals surface area contributed by atoms with E-state index < -0.39 is 5.97 Å². The maximum absolute atomic E-state index is 11.1. The van der Waals surface area contributed by atoms with E-state index in [0.717, 1.165) is 49.6 Å². The SMILES string of the molecule is CC(=O)c1cc2ccc(Br)cc2[nH]1.NC1CCOC1.Nc1cccnc1Cl.O=C(O)c1cc2ccc(Br)cc2s1. The molecule has 4 heterocycles. The van der Waals surface area contributed by atoms with Gasteiger partial charge in [-0.3, -0.25) is 4.79 Å². The molecule has 1 unspecified atom stereocenters. The number of carbonyl (C=O) groups excluding carboxylic acids is 1. The first-order chi connectivity index (χ1) is 19.0. The molecule has 8 nitrogen and oxygen atoms in total.